The zero-order chi connectivity index (χ0) is 9.40. The second-order valence-corrected chi connectivity index (χ2v) is 3.43. The Morgan fingerprint density at radius 1 is 1.08 bits per heavy atom. The molecule has 0 fully saturated rings. The van der Waals surface area contributed by atoms with Crippen LogP contribution in [0, 0.1) is 5.92 Å². The summed E-state index contributed by atoms with van der Waals surface area (Å²) in [5.74, 6) is 0.580. The van der Waals surface area contributed by atoms with E-state index in [9.17, 15) is 0 Å². The van der Waals surface area contributed by atoms with Crippen molar-refractivity contribution in [3.63, 3.8) is 0 Å². The fraction of sp³-hybridized carbons (Fsp3) is 1.00. The largest absolute Gasteiger partial charge is 0.396 e. The molecule has 0 bridgehead atoms. The van der Waals surface area contributed by atoms with Gasteiger partial charge in [-0.3, -0.25) is 0 Å². The van der Waals surface area contributed by atoms with Gasteiger partial charge in [0.1, 0.15) is 0 Å². The molecule has 1 unspecified atom stereocenters. The van der Waals surface area contributed by atoms with Gasteiger partial charge in [0.05, 0.1) is 6.61 Å². The molecule has 12 heavy (non-hydrogen) atoms. The fourth-order valence-electron chi connectivity index (χ4n) is 1.09. The molecule has 0 aliphatic rings. The van der Waals surface area contributed by atoms with Crippen LogP contribution in [0.4, 0.5) is 0 Å². The molecule has 0 heterocycles. The van der Waals surface area contributed by atoms with E-state index in [1.54, 1.807) is 0 Å². The van der Waals surface area contributed by atoms with Crippen molar-refractivity contribution in [2.45, 2.75) is 19.8 Å². The van der Waals surface area contributed by atoms with Gasteiger partial charge in [-0.1, -0.05) is 6.92 Å². The van der Waals surface area contributed by atoms with Crippen molar-refractivity contribution in [2.75, 3.05) is 33.4 Å². The molecule has 0 aromatic carbocycles. The summed E-state index contributed by atoms with van der Waals surface area (Å²) in [4.78, 5) is 2.11. The normalized spacial score (nSPS) is 13.8. The first-order chi connectivity index (χ1) is 5.70. The molecule has 74 valence electrons. The highest BCUT2D eigenvalue weighted by Crippen LogP contribution is 2.06. The van der Waals surface area contributed by atoms with Crippen LogP contribution in [-0.2, 0) is 0 Å². The van der Waals surface area contributed by atoms with Crippen molar-refractivity contribution in [1.82, 2.24) is 4.90 Å². The minimum atomic E-state index is 0.227. The molecule has 0 aliphatic heterocycles. The van der Waals surface area contributed by atoms with E-state index in [0.29, 0.717) is 5.92 Å². The number of aliphatic hydroxyl groups excluding tert-OH is 2. The molecule has 0 aliphatic carbocycles. The van der Waals surface area contributed by atoms with Crippen molar-refractivity contribution in [3.05, 3.63) is 0 Å². The van der Waals surface area contributed by atoms with Crippen molar-refractivity contribution in [1.29, 1.82) is 0 Å². The molecular formula is C9H21NO2. The Balaban J connectivity index is 3.27. The number of hydrogen-bond donors (Lipinski definition) is 2. The molecule has 2 N–H and O–H groups in total. The van der Waals surface area contributed by atoms with Crippen LogP contribution < -0.4 is 0 Å². The summed E-state index contributed by atoms with van der Waals surface area (Å²) in [5.41, 5.74) is 0. The smallest absolute Gasteiger partial charge is 0.0558 e. The third-order valence-electron chi connectivity index (χ3n) is 2.11. The Kier molecular flexibility index (Phi) is 7.45. The molecule has 0 spiro atoms. The Hall–Kier alpha value is -0.120. The predicted octanol–water partition coefficient (Wildman–Crippen LogP) is 0.319. The zero-order valence-electron chi connectivity index (χ0n) is 8.16. The van der Waals surface area contributed by atoms with Gasteiger partial charge in [0.2, 0.25) is 0 Å². The lowest BCUT2D eigenvalue weighted by Crippen LogP contribution is -2.24. The number of hydrogen-bond acceptors (Lipinski definition) is 3. The van der Waals surface area contributed by atoms with Crippen molar-refractivity contribution >= 4 is 0 Å². The van der Waals surface area contributed by atoms with Gasteiger partial charge in [-0.25, -0.2) is 0 Å². The summed E-state index contributed by atoms with van der Waals surface area (Å²) in [7, 11) is 2.00. The van der Waals surface area contributed by atoms with Gasteiger partial charge in [0, 0.05) is 13.2 Å². The molecule has 0 radical (unpaired) electrons. The van der Waals surface area contributed by atoms with Crippen LogP contribution in [0.3, 0.4) is 0 Å². The maximum Gasteiger partial charge on any atom is 0.0558 e. The molecule has 0 amide bonds. The van der Waals surface area contributed by atoms with E-state index in [0.717, 1.165) is 25.9 Å². The maximum absolute atomic E-state index is 8.65. The fourth-order valence-corrected chi connectivity index (χ4v) is 1.09. The average molecular weight is 175 g/mol. The summed E-state index contributed by atoms with van der Waals surface area (Å²) < 4.78 is 0. The number of rotatable bonds is 7. The lowest BCUT2D eigenvalue weighted by Gasteiger charge is -2.17. The summed E-state index contributed by atoms with van der Waals surface area (Å²) >= 11 is 0. The van der Waals surface area contributed by atoms with Crippen LogP contribution in [-0.4, -0.2) is 48.5 Å². The van der Waals surface area contributed by atoms with Crippen LogP contribution >= 0.6 is 0 Å². The van der Waals surface area contributed by atoms with E-state index in [2.05, 4.69) is 11.8 Å². The van der Waals surface area contributed by atoms with Gasteiger partial charge in [0.25, 0.3) is 0 Å². The lowest BCUT2D eigenvalue weighted by molar-refractivity contribution is 0.205. The molecule has 1 atom stereocenters. The third-order valence-corrected chi connectivity index (χ3v) is 2.11. The van der Waals surface area contributed by atoms with Gasteiger partial charge in [-0.2, -0.15) is 0 Å². The number of aliphatic hydroxyl groups is 2. The SMILES string of the molecule is CC(CCO)CCN(C)CCO. The quantitative estimate of drug-likeness (QED) is 0.585. The van der Waals surface area contributed by atoms with Gasteiger partial charge in [-0.05, 0) is 32.4 Å². The Labute approximate surface area is 75.0 Å². The highest BCUT2D eigenvalue weighted by atomic mass is 16.3. The maximum atomic E-state index is 8.65. The standard InChI is InChI=1S/C9H21NO2/c1-9(4-7-11)3-5-10(2)6-8-12/h9,11-12H,3-8H2,1-2H3. The van der Waals surface area contributed by atoms with Gasteiger partial charge >= 0.3 is 0 Å². The van der Waals surface area contributed by atoms with Gasteiger partial charge < -0.3 is 15.1 Å². The van der Waals surface area contributed by atoms with E-state index in [-0.39, 0.29) is 13.2 Å². The molecular weight excluding hydrogens is 154 g/mol. The van der Waals surface area contributed by atoms with Gasteiger partial charge in [-0.15, -0.1) is 0 Å². The summed E-state index contributed by atoms with van der Waals surface area (Å²) in [6, 6.07) is 0. The Bertz CT molecular complexity index is 86.5. The highest BCUT2D eigenvalue weighted by molar-refractivity contribution is 4.56. The molecule has 0 aromatic heterocycles. The van der Waals surface area contributed by atoms with E-state index < -0.39 is 0 Å². The topological polar surface area (TPSA) is 43.7 Å². The summed E-state index contributed by atoms with van der Waals surface area (Å²) in [5, 5.41) is 17.3. The summed E-state index contributed by atoms with van der Waals surface area (Å²) in [6.45, 7) is 4.40. The molecule has 0 saturated heterocycles. The Morgan fingerprint density at radius 3 is 2.25 bits per heavy atom. The van der Waals surface area contributed by atoms with Crippen LogP contribution in [0.15, 0.2) is 0 Å². The van der Waals surface area contributed by atoms with Gasteiger partial charge in [0.15, 0.2) is 0 Å². The number of nitrogens with zero attached hydrogens (tertiary/aromatic N) is 1. The first-order valence-corrected chi connectivity index (χ1v) is 4.61. The molecule has 0 saturated carbocycles. The molecule has 0 aromatic rings. The zero-order valence-corrected chi connectivity index (χ0v) is 8.16. The summed E-state index contributed by atoms with van der Waals surface area (Å²) in [6.07, 6.45) is 1.98. The minimum Gasteiger partial charge on any atom is -0.396 e. The third kappa shape index (κ3) is 6.58. The highest BCUT2D eigenvalue weighted by Gasteiger charge is 2.03. The second kappa shape index (κ2) is 7.53. The van der Waals surface area contributed by atoms with Crippen LogP contribution in [0.1, 0.15) is 19.8 Å². The molecule has 3 heteroatoms. The second-order valence-electron chi connectivity index (χ2n) is 3.43. The van der Waals surface area contributed by atoms with Crippen molar-refractivity contribution < 1.29 is 10.2 Å². The first kappa shape index (κ1) is 11.9. The number of likely N-dealkylation sites (N-methyl/N-ethyl adjacent to an activating group) is 1. The molecule has 0 rings (SSSR count). The lowest BCUT2D eigenvalue weighted by atomic mass is 10.0. The first-order valence-electron chi connectivity index (χ1n) is 4.61. The van der Waals surface area contributed by atoms with Crippen molar-refractivity contribution in [2.24, 2.45) is 5.92 Å². The average Bonchev–Trinajstić information content (AvgIpc) is 2.02. The van der Waals surface area contributed by atoms with E-state index >= 15 is 0 Å². The minimum absolute atomic E-state index is 0.227. The van der Waals surface area contributed by atoms with Crippen LogP contribution in [0.25, 0.3) is 0 Å². The van der Waals surface area contributed by atoms with E-state index in [4.69, 9.17) is 10.2 Å². The van der Waals surface area contributed by atoms with Crippen molar-refractivity contribution in [3.8, 4) is 0 Å². The predicted molar refractivity (Wildman–Crippen MR) is 50.1 cm³/mol. The van der Waals surface area contributed by atoms with E-state index in [1.165, 1.54) is 0 Å². The Morgan fingerprint density at radius 2 is 1.75 bits per heavy atom. The molecule has 3 nitrogen and oxygen atoms in total. The van der Waals surface area contributed by atoms with E-state index in [1.807, 2.05) is 7.05 Å². The van der Waals surface area contributed by atoms with Crippen LogP contribution in [0.2, 0.25) is 0 Å². The van der Waals surface area contributed by atoms with Crippen LogP contribution in [0.5, 0.6) is 0 Å². The monoisotopic (exact) mass is 175 g/mol.